The average molecular weight is 244 g/mol. The highest BCUT2D eigenvalue weighted by molar-refractivity contribution is 6.08. The first-order valence-electron chi connectivity index (χ1n) is 5.98. The van der Waals surface area contributed by atoms with Crippen molar-refractivity contribution in [1.82, 2.24) is 0 Å². The Morgan fingerprint density at radius 1 is 0.941 bits per heavy atom. The van der Waals surface area contributed by atoms with E-state index in [1.165, 1.54) is 0 Å². The maximum absolute atomic E-state index is 7.51. The Morgan fingerprint density at radius 2 is 1.29 bits per heavy atom. The standard InChI is InChI=1S/C11H24N4O2/c1-3-5-7-16-11(9(12)13,10(14)15)17-8-6-4-2/h3-8H2,1-2H3,(H3,12,13)(H3,14,15). The van der Waals surface area contributed by atoms with Gasteiger partial charge in [-0.3, -0.25) is 10.8 Å². The molecule has 0 unspecified atom stereocenters. The molecule has 0 amide bonds. The van der Waals surface area contributed by atoms with Gasteiger partial charge in [0.15, 0.2) is 11.7 Å². The molecular formula is C11H24N4O2. The average Bonchev–Trinajstić information content (AvgIpc) is 2.26. The fourth-order valence-electron chi connectivity index (χ4n) is 1.22. The molecule has 6 nitrogen and oxygen atoms in total. The van der Waals surface area contributed by atoms with Crippen molar-refractivity contribution in [3.8, 4) is 0 Å². The molecule has 0 aromatic heterocycles. The van der Waals surface area contributed by atoms with Gasteiger partial charge in [0.05, 0.1) is 13.2 Å². The summed E-state index contributed by atoms with van der Waals surface area (Å²) in [5, 5.41) is 15.0. The zero-order chi connectivity index (χ0) is 13.3. The molecule has 0 aromatic rings. The lowest BCUT2D eigenvalue weighted by atomic mass is 10.2. The second-order valence-corrected chi connectivity index (χ2v) is 3.85. The van der Waals surface area contributed by atoms with Crippen molar-refractivity contribution in [2.45, 2.75) is 45.3 Å². The lowest BCUT2D eigenvalue weighted by molar-refractivity contribution is -0.145. The molecule has 0 atom stereocenters. The molecule has 6 N–H and O–H groups in total. The lowest BCUT2D eigenvalue weighted by Crippen LogP contribution is -2.57. The maximum Gasteiger partial charge on any atom is 0.287 e. The summed E-state index contributed by atoms with van der Waals surface area (Å²) < 4.78 is 10.8. The van der Waals surface area contributed by atoms with Crippen molar-refractivity contribution in [2.24, 2.45) is 11.5 Å². The van der Waals surface area contributed by atoms with Crippen LogP contribution in [0.15, 0.2) is 0 Å². The van der Waals surface area contributed by atoms with Crippen molar-refractivity contribution in [1.29, 1.82) is 10.8 Å². The summed E-state index contributed by atoms with van der Waals surface area (Å²) in [5.74, 6) is -2.43. The minimum atomic E-state index is -1.68. The molecule has 0 spiro atoms. The number of nitrogens with two attached hydrogens (primary N) is 2. The van der Waals surface area contributed by atoms with Crippen molar-refractivity contribution >= 4 is 11.7 Å². The molecule has 0 aliphatic rings. The molecule has 6 heteroatoms. The van der Waals surface area contributed by atoms with Gasteiger partial charge >= 0.3 is 0 Å². The van der Waals surface area contributed by atoms with Crippen LogP contribution in [0.25, 0.3) is 0 Å². The Labute approximate surface area is 103 Å². The highest BCUT2D eigenvalue weighted by Gasteiger charge is 2.40. The molecule has 0 heterocycles. The minimum absolute atomic E-state index is 0.363. The minimum Gasteiger partial charge on any atom is -0.383 e. The Morgan fingerprint density at radius 3 is 1.53 bits per heavy atom. The number of hydrogen-bond acceptors (Lipinski definition) is 4. The van der Waals surface area contributed by atoms with Gasteiger partial charge < -0.3 is 20.9 Å². The number of ether oxygens (including phenoxy) is 2. The topological polar surface area (TPSA) is 118 Å². The third-order valence-electron chi connectivity index (χ3n) is 2.32. The zero-order valence-electron chi connectivity index (χ0n) is 10.7. The normalized spacial score (nSPS) is 11.4. The highest BCUT2D eigenvalue weighted by atomic mass is 16.7. The van der Waals surface area contributed by atoms with Gasteiger partial charge in [-0.25, -0.2) is 0 Å². The van der Waals surface area contributed by atoms with Crippen LogP contribution in [0.5, 0.6) is 0 Å². The maximum atomic E-state index is 7.51. The summed E-state index contributed by atoms with van der Waals surface area (Å²) in [5.41, 5.74) is 10.9. The Balaban J connectivity index is 4.62. The summed E-state index contributed by atoms with van der Waals surface area (Å²) in [6, 6.07) is 0. The van der Waals surface area contributed by atoms with Crippen LogP contribution in [0.1, 0.15) is 39.5 Å². The molecule has 17 heavy (non-hydrogen) atoms. The molecule has 0 fully saturated rings. The number of amidine groups is 2. The van der Waals surface area contributed by atoms with Gasteiger partial charge in [0.25, 0.3) is 5.79 Å². The van der Waals surface area contributed by atoms with E-state index in [-0.39, 0.29) is 11.7 Å². The Bertz CT molecular complexity index is 230. The summed E-state index contributed by atoms with van der Waals surface area (Å²) in [6.45, 7) is 4.76. The number of hydrogen-bond donors (Lipinski definition) is 4. The molecule has 0 bridgehead atoms. The van der Waals surface area contributed by atoms with Gasteiger partial charge in [-0.15, -0.1) is 0 Å². The summed E-state index contributed by atoms with van der Waals surface area (Å²) >= 11 is 0. The monoisotopic (exact) mass is 244 g/mol. The largest absolute Gasteiger partial charge is 0.383 e. The fraction of sp³-hybridized carbons (Fsp3) is 0.818. The summed E-state index contributed by atoms with van der Waals surface area (Å²) in [4.78, 5) is 0. The molecule has 0 saturated heterocycles. The molecule has 0 aliphatic carbocycles. The van der Waals surface area contributed by atoms with Crippen molar-refractivity contribution in [3.63, 3.8) is 0 Å². The second-order valence-electron chi connectivity index (χ2n) is 3.85. The number of unbranched alkanes of at least 4 members (excludes halogenated alkanes) is 2. The lowest BCUT2D eigenvalue weighted by Gasteiger charge is -2.31. The predicted octanol–water partition coefficient (Wildman–Crippen LogP) is 1.19. The van der Waals surface area contributed by atoms with Crippen molar-refractivity contribution in [2.75, 3.05) is 13.2 Å². The van der Waals surface area contributed by atoms with Crippen LogP contribution in [-0.2, 0) is 9.47 Å². The molecule has 0 rings (SSSR count). The van der Waals surface area contributed by atoms with E-state index in [0.717, 1.165) is 25.7 Å². The van der Waals surface area contributed by atoms with Crippen LogP contribution in [0.4, 0.5) is 0 Å². The van der Waals surface area contributed by atoms with E-state index in [2.05, 4.69) is 0 Å². The third-order valence-corrected chi connectivity index (χ3v) is 2.32. The van der Waals surface area contributed by atoms with Crippen LogP contribution in [-0.4, -0.2) is 30.7 Å². The Hall–Kier alpha value is -1.14. The zero-order valence-corrected chi connectivity index (χ0v) is 10.7. The van der Waals surface area contributed by atoms with Crippen LogP contribution in [0, 0.1) is 10.8 Å². The van der Waals surface area contributed by atoms with E-state index < -0.39 is 5.79 Å². The molecule has 0 radical (unpaired) electrons. The SMILES string of the molecule is CCCCOC(OCCCC)(C(=N)N)C(=N)N. The first kappa shape index (κ1) is 15.9. The fourth-order valence-corrected chi connectivity index (χ4v) is 1.22. The van der Waals surface area contributed by atoms with Crippen LogP contribution < -0.4 is 11.5 Å². The third kappa shape index (κ3) is 4.70. The van der Waals surface area contributed by atoms with E-state index in [1.54, 1.807) is 0 Å². The van der Waals surface area contributed by atoms with Gasteiger partial charge in [-0.1, -0.05) is 26.7 Å². The highest BCUT2D eigenvalue weighted by Crippen LogP contribution is 2.15. The number of nitrogens with one attached hydrogen (secondary N) is 2. The van der Waals surface area contributed by atoms with Gasteiger partial charge in [0, 0.05) is 0 Å². The molecule has 0 aromatic carbocycles. The predicted molar refractivity (Wildman–Crippen MR) is 68.3 cm³/mol. The molecule has 0 aliphatic heterocycles. The van der Waals surface area contributed by atoms with E-state index >= 15 is 0 Å². The Kier molecular flexibility index (Phi) is 7.49. The van der Waals surface area contributed by atoms with Crippen molar-refractivity contribution < 1.29 is 9.47 Å². The molecule has 100 valence electrons. The van der Waals surface area contributed by atoms with Crippen LogP contribution in [0.3, 0.4) is 0 Å². The van der Waals surface area contributed by atoms with E-state index in [1.807, 2.05) is 13.8 Å². The smallest absolute Gasteiger partial charge is 0.287 e. The first-order chi connectivity index (χ1) is 8.01. The van der Waals surface area contributed by atoms with Gasteiger partial charge in [-0.05, 0) is 12.8 Å². The molecule has 0 saturated carbocycles. The van der Waals surface area contributed by atoms with Gasteiger partial charge in [-0.2, -0.15) is 0 Å². The quantitative estimate of drug-likeness (QED) is 0.200. The summed E-state index contributed by atoms with van der Waals surface area (Å²) in [6.07, 6.45) is 3.50. The van der Waals surface area contributed by atoms with Crippen LogP contribution >= 0.6 is 0 Å². The van der Waals surface area contributed by atoms with Gasteiger partial charge in [0.2, 0.25) is 0 Å². The van der Waals surface area contributed by atoms with E-state index in [0.29, 0.717) is 13.2 Å². The van der Waals surface area contributed by atoms with E-state index in [4.69, 9.17) is 31.8 Å². The van der Waals surface area contributed by atoms with Crippen LogP contribution in [0.2, 0.25) is 0 Å². The number of rotatable bonds is 10. The first-order valence-corrected chi connectivity index (χ1v) is 5.98. The second kappa shape index (κ2) is 8.03. The molecular weight excluding hydrogens is 220 g/mol. The van der Waals surface area contributed by atoms with E-state index in [9.17, 15) is 0 Å². The van der Waals surface area contributed by atoms with Crippen molar-refractivity contribution in [3.05, 3.63) is 0 Å². The van der Waals surface area contributed by atoms with Gasteiger partial charge in [0.1, 0.15) is 0 Å². The summed E-state index contributed by atoms with van der Waals surface area (Å²) in [7, 11) is 0.